The molecule has 10 heteroatoms. The predicted octanol–water partition coefficient (Wildman–Crippen LogP) is 2.80. The number of halogens is 3. The monoisotopic (exact) mass is 433 g/mol. The second-order valence-electron chi connectivity index (χ2n) is 7.70. The summed E-state index contributed by atoms with van der Waals surface area (Å²) in [5, 5.41) is 10.7. The third-order valence-electron chi connectivity index (χ3n) is 5.84. The van der Waals surface area contributed by atoms with E-state index in [2.05, 4.69) is 22.1 Å². The van der Waals surface area contributed by atoms with Gasteiger partial charge in [-0.05, 0) is 43.0 Å². The molecular weight excluding hydrogens is 411 g/mol. The summed E-state index contributed by atoms with van der Waals surface area (Å²) < 4.78 is 40.6. The molecule has 0 saturated carbocycles. The molecule has 1 aromatic heterocycles. The number of amides is 2. The lowest BCUT2D eigenvalue weighted by Gasteiger charge is -2.29. The number of carbonyl (C=O) groups is 2. The number of fused-ring (bicyclic) bond motifs is 2. The van der Waals surface area contributed by atoms with E-state index in [9.17, 15) is 22.8 Å². The minimum atomic E-state index is -4.25. The highest BCUT2D eigenvalue weighted by molar-refractivity contribution is 6.04. The lowest BCUT2D eigenvalue weighted by Crippen LogP contribution is -2.35. The molecule has 2 aromatic rings. The van der Waals surface area contributed by atoms with Crippen molar-refractivity contribution < 1.29 is 22.8 Å². The number of alkyl halides is 3. The zero-order chi connectivity index (χ0) is 22.2. The highest BCUT2D eigenvalue weighted by atomic mass is 19.4. The number of hydrogen-bond donors (Lipinski definition) is 1. The van der Waals surface area contributed by atoms with Crippen LogP contribution in [0.4, 0.5) is 18.9 Å². The molecule has 0 radical (unpaired) electrons. The number of carbonyl (C=O) groups excluding carboxylic acids is 2. The van der Waals surface area contributed by atoms with Crippen LogP contribution in [0.25, 0.3) is 0 Å². The normalized spacial score (nSPS) is 18.2. The van der Waals surface area contributed by atoms with Crippen LogP contribution in [-0.2, 0) is 30.7 Å². The summed E-state index contributed by atoms with van der Waals surface area (Å²) >= 11 is 0. The van der Waals surface area contributed by atoms with Crippen molar-refractivity contribution in [2.75, 3.05) is 11.4 Å². The second-order valence-corrected chi connectivity index (χ2v) is 7.70. The largest absolute Gasteiger partial charge is 0.392 e. The zero-order valence-electron chi connectivity index (χ0n) is 16.8. The predicted molar refractivity (Wildman–Crippen MR) is 106 cm³/mol. The maximum atomic E-state index is 13.0. The molecule has 2 aliphatic heterocycles. The van der Waals surface area contributed by atoms with Crippen LogP contribution in [0, 0.1) is 5.92 Å². The molecule has 1 aromatic carbocycles. The molecule has 1 unspecified atom stereocenters. The average molecular weight is 433 g/mol. The summed E-state index contributed by atoms with van der Waals surface area (Å²) in [4.78, 5) is 26.6. The van der Waals surface area contributed by atoms with Crippen molar-refractivity contribution in [1.82, 2.24) is 20.1 Å². The number of aromatic nitrogens is 3. The van der Waals surface area contributed by atoms with Gasteiger partial charge in [0.25, 0.3) is 5.91 Å². The van der Waals surface area contributed by atoms with Crippen molar-refractivity contribution in [3.8, 4) is 0 Å². The van der Waals surface area contributed by atoms with Crippen molar-refractivity contribution >= 4 is 17.5 Å². The maximum Gasteiger partial charge on any atom is 0.392 e. The molecule has 1 atom stereocenters. The summed E-state index contributed by atoms with van der Waals surface area (Å²) in [7, 11) is 0. The molecule has 0 aliphatic carbocycles. The highest BCUT2D eigenvalue weighted by Gasteiger charge is 2.42. The van der Waals surface area contributed by atoms with Gasteiger partial charge in [0.1, 0.15) is 5.82 Å². The SMILES string of the molecule is C=CC(=O)N1CCCc2c(C(=O)NCc3nnc4n3CCC(C(F)(F)F)C4)cccc21. The maximum absolute atomic E-state index is 13.0. The van der Waals surface area contributed by atoms with E-state index < -0.39 is 12.1 Å². The van der Waals surface area contributed by atoms with Crippen LogP contribution in [0.1, 0.15) is 40.4 Å². The molecule has 2 aliphatic rings. The Kier molecular flexibility index (Phi) is 5.55. The summed E-state index contributed by atoms with van der Waals surface area (Å²) in [6.45, 7) is 4.31. The van der Waals surface area contributed by atoms with Gasteiger partial charge in [-0.15, -0.1) is 10.2 Å². The number of nitrogens with zero attached hydrogens (tertiary/aromatic N) is 4. The Bertz CT molecular complexity index is 1030. The van der Waals surface area contributed by atoms with Gasteiger partial charge < -0.3 is 14.8 Å². The Morgan fingerprint density at radius 1 is 1.26 bits per heavy atom. The molecule has 0 spiro atoms. The summed E-state index contributed by atoms with van der Waals surface area (Å²) in [6, 6.07) is 5.22. The smallest absolute Gasteiger partial charge is 0.345 e. The molecule has 2 amide bonds. The fourth-order valence-corrected chi connectivity index (χ4v) is 4.23. The third-order valence-corrected chi connectivity index (χ3v) is 5.84. The standard InChI is InChI=1S/C21H22F3N5O2/c1-2-19(30)28-9-4-6-14-15(5-3-7-16(14)28)20(31)25-12-18-27-26-17-11-13(21(22,23)24)8-10-29(17)18/h2-3,5,7,13H,1,4,6,8-12H2,(H,25,31). The molecule has 31 heavy (non-hydrogen) atoms. The highest BCUT2D eigenvalue weighted by Crippen LogP contribution is 2.35. The Hall–Kier alpha value is -3.17. The van der Waals surface area contributed by atoms with Gasteiger partial charge in [-0.3, -0.25) is 9.59 Å². The summed E-state index contributed by atoms with van der Waals surface area (Å²) in [6.07, 6.45) is -1.84. The average Bonchev–Trinajstić information content (AvgIpc) is 3.17. The summed E-state index contributed by atoms with van der Waals surface area (Å²) in [5.74, 6) is -1.24. The van der Waals surface area contributed by atoms with Crippen LogP contribution in [0.5, 0.6) is 0 Å². The van der Waals surface area contributed by atoms with Crippen molar-refractivity contribution in [3.05, 3.63) is 53.6 Å². The lowest BCUT2D eigenvalue weighted by molar-refractivity contribution is -0.179. The Morgan fingerprint density at radius 3 is 2.81 bits per heavy atom. The molecule has 0 bridgehead atoms. The van der Waals surface area contributed by atoms with E-state index in [0.717, 1.165) is 12.0 Å². The van der Waals surface area contributed by atoms with E-state index >= 15 is 0 Å². The topological polar surface area (TPSA) is 80.1 Å². The van der Waals surface area contributed by atoms with Gasteiger partial charge in [-0.1, -0.05) is 12.6 Å². The molecule has 7 nitrogen and oxygen atoms in total. The van der Waals surface area contributed by atoms with Crippen molar-refractivity contribution in [2.24, 2.45) is 5.92 Å². The van der Waals surface area contributed by atoms with E-state index in [1.165, 1.54) is 6.08 Å². The second kappa shape index (κ2) is 8.16. The Labute approximate surface area is 176 Å². The first-order chi connectivity index (χ1) is 14.8. The molecule has 0 fully saturated rings. The first-order valence-electron chi connectivity index (χ1n) is 10.1. The van der Waals surface area contributed by atoms with E-state index in [4.69, 9.17) is 0 Å². The fourth-order valence-electron chi connectivity index (χ4n) is 4.23. The number of nitrogens with one attached hydrogen (secondary N) is 1. The first-order valence-corrected chi connectivity index (χ1v) is 10.1. The molecule has 3 heterocycles. The fraction of sp³-hybridized carbons (Fsp3) is 0.429. The Morgan fingerprint density at radius 2 is 2.06 bits per heavy atom. The molecule has 164 valence electrons. The van der Waals surface area contributed by atoms with E-state index in [1.54, 1.807) is 27.7 Å². The van der Waals surface area contributed by atoms with E-state index in [1.807, 2.05) is 0 Å². The minimum absolute atomic E-state index is 0.0329. The van der Waals surface area contributed by atoms with Gasteiger partial charge >= 0.3 is 6.18 Å². The molecular formula is C21H22F3N5O2. The summed E-state index contributed by atoms with van der Waals surface area (Å²) in [5.41, 5.74) is 1.95. The van der Waals surface area contributed by atoms with Crippen molar-refractivity contribution in [3.63, 3.8) is 0 Å². The van der Waals surface area contributed by atoms with Crippen LogP contribution < -0.4 is 10.2 Å². The van der Waals surface area contributed by atoms with Crippen molar-refractivity contribution in [2.45, 2.75) is 44.9 Å². The first kappa shape index (κ1) is 21.1. The third kappa shape index (κ3) is 4.06. The van der Waals surface area contributed by atoms with Crippen LogP contribution in [0.3, 0.4) is 0 Å². The number of benzene rings is 1. The minimum Gasteiger partial charge on any atom is -0.345 e. The van der Waals surface area contributed by atoms with E-state index in [0.29, 0.717) is 30.0 Å². The van der Waals surface area contributed by atoms with Crippen LogP contribution in [-0.4, -0.2) is 39.3 Å². The van der Waals surface area contributed by atoms with Crippen LogP contribution >= 0.6 is 0 Å². The van der Waals surface area contributed by atoms with Gasteiger partial charge in [0, 0.05) is 30.8 Å². The van der Waals surface area contributed by atoms with Gasteiger partial charge in [0.15, 0.2) is 5.82 Å². The number of anilines is 1. The van der Waals surface area contributed by atoms with Crippen molar-refractivity contribution in [1.29, 1.82) is 0 Å². The van der Waals surface area contributed by atoms with Gasteiger partial charge in [-0.2, -0.15) is 13.2 Å². The van der Waals surface area contributed by atoms with Crippen LogP contribution in [0.2, 0.25) is 0 Å². The molecule has 1 N–H and O–H groups in total. The zero-order valence-corrected chi connectivity index (χ0v) is 16.8. The van der Waals surface area contributed by atoms with Gasteiger partial charge in [-0.25, -0.2) is 0 Å². The number of rotatable bonds is 4. The number of hydrogen-bond acceptors (Lipinski definition) is 4. The van der Waals surface area contributed by atoms with E-state index in [-0.39, 0.29) is 43.6 Å². The van der Waals surface area contributed by atoms with Crippen LogP contribution in [0.15, 0.2) is 30.9 Å². The molecule has 4 rings (SSSR count). The molecule has 0 saturated heterocycles. The van der Waals surface area contributed by atoms with Gasteiger partial charge in [0.2, 0.25) is 5.91 Å². The lowest BCUT2D eigenvalue weighted by atomic mass is 9.95. The quantitative estimate of drug-likeness (QED) is 0.752. The Balaban J connectivity index is 1.48. The van der Waals surface area contributed by atoms with Gasteiger partial charge in [0.05, 0.1) is 12.5 Å².